The zero-order valence-corrected chi connectivity index (χ0v) is 7.35. The molecule has 0 unspecified atom stereocenters. The van der Waals surface area contributed by atoms with Gasteiger partial charge < -0.3 is 0 Å². The molecule has 0 aromatic carbocycles. The van der Waals surface area contributed by atoms with Crippen LogP contribution in [0, 0.1) is 21.4 Å². The molecule has 0 saturated heterocycles. The average Bonchev–Trinajstić information content (AvgIpc) is 2.17. The summed E-state index contributed by atoms with van der Waals surface area (Å²) >= 11 is 0. The molecule has 0 atom stereocenters. The van der Waals surface area contributed by atoms with Crippen LogP contribution in [0.15, 0.2) is 12.4 Å². The van der Waals surface area contributed by atoms with Crippen LogP contribution in [-0.2, 0) is 6.42 Å². The van der Waals surface area contributed by atoms with Crippen molar-refractivity contribution in [3.8, 4) is 6.07 Å². The summed E-state index contributed by atoms with van der Waals surface area (Å²) in [5.41, 5.74) is -1.59. The van der Waals surface area contributed by atoms with Crippen LogP contribution in [-0.4, -0.2) is 9.91 Å². The van der Waals surface area contributed by atoms with E-state index in [1.807, 2.05) is 0 Å². The first-order valence-corrected chi connectivity index (χ1v) is 3.84. The summed E-state index contributed by atoms with van der Waals surface area (Å²) in [6, 6.07) is 1.65. The summed E-state index contributed by atoms with van der Waals surface area (Å²) in [5.74, 6) is 0. The largest absolute Gasteiger partial charge is 0.296 e. The molecule has 5 nitrogen and oxygen atoms in total. The van der Waals surface area contributed by atoms with Gasteiger partial charge in [-0.1, -0.05) is 0 Å². The van der Waals surface area contributed by atoms with Gasteiger partial charge >= 0.3 is 0 Å². The average molecular weight is 213 g/mol. The highest BCUT2D eigenvalue weighted by atomic mass is 19.3. The first kappa shape index (κ1) is 11.0. The zero-order chi connectivity index (χ0) is 11.4. The third kappa shape index (κ3) is 2.22. The Kier molecular flexibility index (Phi) is 3.23. The Hall–Kier alpha value is -2.10. The van der Waals surface area contributed by atoms with Crippen LogP contribution in [0.3, 0.4) is 0 Å². The van der Waals surface area contributed by atoms with Gasteiger partial charge in [0.05, 0.1) is 17.4 Å². The molecule has 1 rings (SSSR count). The van der Waals surface area contributed by atoms with Crippen molar-refractivity contribution in [1.29, 1.82) is 5.26 Å². The smallest absolute Gasteiger partial charge is 0.258 e. The van der Waals surface area contributed by atoms with Gasteiger partial charge in [-0.05, 0) is 0 Å². The van der Waals surface area contributed by atoms with Gasteiger partial charge in [0.25, 0.3) is 12.1 Å². The minimum atomic E-state index is -2.99. The maximum absolute atomic E-state index is 12.5. The van der Waals surface area contributed by atoms with Crippen molar-refractivity contribution in [3.05, 3.63) is 33.6 Å². The molecule has 1 heterocycles. The Morgan fingerprint density at radius 1 is 1.60 bits per heavy atom. The maximum atomic E-state index is 12.5. The van der Waals surface area contributed by atoms with Gasteiger partial charge in [0.2, 0.25) is 0 Å². The van der Waals surface area contributed by atoms with Gasteiger partial charge in [0, 0.05) is 11.8 Å². The number of halogens is 2. The highest BCUT2D eigenvalue weighted by Crippen LogP contribution is 2.31. The third-order valence-corrected chi connectivity index (χ3v) is 1.73. The predicted octanol–water partition coefficient (Wildman–Crippen LogP) is 1.99. The number of rotatable bonds is 3. The molecule has 7 heteroatoms. The minimum absolute atomic E-state index is 0.110. The lowest BCUT2D eigenvalue weighted by Crippen LogP contribution is -2.02. The zero-order valence-electron chi connectivity index (χ0n) is 7.35. The first-order valence-electron chi connectivity index (χ1n) is 3.84. The van der Waals surface area contributed by atoms with Crippen molar-refractivity contribution in [2.75, 3.05) is 0 Å². The molecule has 0 fully saturated rings. The molecular weight excluding hydrogens is 208 g/mol. The Labute approximate surface area is 83.1 Å². The van der Waals surface area contributed by atoms with E-state index in [1.54, 1.807) is 6.07 Å². The molecule has 0 spiro atoms. The summed E-state index contributed by atoms with van der Waals surface area (Å²) < 4.78 is 25.1. The third-order valence-electron chi connectivity index (χ3n) is 1.73. The van der Waals surface area contributed by atoms with E-state index in [2.05, 4.69) is 4.98 Å². The monoisotopic (exact) mass is 213 g/mol. The fraction of sp³-hybridized carbons (Fsp3) is 0.250. The summed E-state index contributed by atoms with van der Waals surface area (Å²) in [4.78, 5) is 12.9. The lowest BCUT2D eigenvalue weighted by Gasteiger charge is -2.05. The maximum Gasteiger partial charge on any atom is 0.296 e. The van der Waals surface area contributed by atoms with Gasteiger partial charge in [-0.15, -0.1) is 0 Å². The van der Waals surface area contributed by atoms with Gasteiger partial charge in [0.1, 0.15) is 11.8 Å². The van der Waals surface area contributed by atoms with E-state index in [0.717, 1.165) is 12.4 Å². The molecule has 0 saturated carbocycles. The van der Waals surface area contributed by atoms with Crippen molar-refractivity contribution in [2.45, 2.75) is 12.8 Å². The van der Waals surface area contributed by atoms with Gasteiger partial charge in [-0.25, -0.2) is 8.78 Å². The van der Waals surface area contributed by atoms with Crippen molar-refractivity contribution in [3.63, 3.8) is 0 Å². The van der Waals surface area contributed by atoms with Crippen LogP contribution in [0.5, 0.6) is 0 Å². The SMILES string of the molecule is N#CCc1cncc([N+](=O)[O-])c1C(F)F. The number of nitro groups is 1. The van der Waals surface area contributed by atoms with Gasteiger partial charge in [0.15, 0.2) is 0 Å². The topological polar surface area (TPSA) is 79.8 Å². The van der Waals surface area contributed by atoms with Crippen molar-refractivity contribution in [1.82, 2.24) is 4.98 Å². The Morgan fingerprint density at radius 2 is 2.27 bits per heavy atom. The fourth-order valence-electron chi connectivity index (χ4n) is 1.12. The Morgan fingerprint density at radius 3 is 2.73 bits per heavy atom. The molecule has 0 aliphatic carbocycles. The summed E-state index contributed by atoms with van der Waals surface area (Å²) in [6.45, 7) is 0. The van der Waals surface area contributed by atoms with Gasteiger partial charge in [-0.2, -0.15) is 5.26 Å². The first-order chi connectivity index (χ1) is 7.07. The minimum Gasteiger partial charge on any atom is -0.258 e. The highest BCUT2D eigenvalue weighted by Gasteiger charge is 2.25. The summed E-state index contributed by atoms with van der Waals surface area (Å²) in [6.07, 6.45) is -1.52. The fourth-order valence-corrected chi connectivity index (χ4v) is 1.12. The number of pyridine rings is 1. The normalized spacial score (nSPS) is 10.0. The number of alkyl halides is 2. The number of hydrogen-bond donors (Lipinski definition) is 0. The van der Waals surface area contributed by atoms with E-state index in [0.29, 0.717) is 0 Å². The van der Waals surface area contributed by atoms with Crippen LogP contribution in [0.2, 0.25) is 0 Å². The standard InChI is InChI=1S/C8H5F2N3O2/c9-8(10)7-5(1-2-11)3-12-4-6(7)13(14)15/h3-4,8H,1H2. The lowest BCUT2D eigenvalue weighted by molar-refractivity contribution is -0.386. The molecule has 78 valence electrons. The summed E-state index contributed by atoms with van der Waals surface area (Å²) in [5, 5.41) is 18.8. The second-order valence-electron chi connectivity index (χ2n) is 2.62. The quantitative estimate of drug-likeness (QED) is 0.568. The molecular formula is C8H5F2N3O2. The van der Waals surface area contributed by atoms with E-state index in [-0.39, 0.29) is 12.0 Å². The molecule has 0 radical (unpaired) electrons. The van der Waals surface area contributed by atoms with Gasteiger partial charge in [-0.3, -0.25) is 15.1 Å². The number of hydrogen-bond acceptors (Lipinski definition) is 4. The molecule has 0 aliphatic heterocycles. The molecule has 0 aliphatic rings. The van der Waals surface area contributed by atoms with E-state index < -0.39 is 22.6 Å². The van der Waals surface area contributed by atoms with E-state index in [9.17, 15) is 18.9 Å². The van der Waals surface area contributed by atoms with E-state index in [4.69, 9.17) is 5.26 Å². The van der Waals surface area contributed by atoms with Crippen LogP contribution < -0.4 is 0 Å². The van der Waals surface area contributed by atoms with Crippen molar-refractivity contribution < 1.29 is 13.7 Å². The van der Waals surface area contributed by atoms with Crippen LogP contribution in [0.25, 0.3) is 0 Å². The molecule has 1 aromatic rings. The molecule has 1 aromatic heterocycles. The second kappa shape index (κ2) is 4.41. The van der Waals surface area contributed by atoms with Crippen LogP contribution >= 0.6 is 0 Å². The predicted molar refractivity (Wildman–Crippen MR) is 45.2 cm³/mol. The number of nitriles is 1. The van der Waals surface area contributed by atoms with E-state index in [1.165, 1.54) is 0 Å². The van der Waals surface area contributed by atoms with Crippen LogP contribution in [0.4, 0.5) is 14.5 Å². The second-order valence-corrected chi connectivity index (χ2v) is 2.62. The number of nitrogens with zero attached hydrogens (tertiary/aromatic N) is 3. The Bertz CT molecular complexity index is 428. The summed E-state index contributed by atoms with van der Waals surface area (Å²) in [7, 11) is 0. The van der Waals surface area contributed by atoms with Crippen LogP contribution in [0.1, 0.15) is 17.6 Å². The molecule has 15 heavy (non-hydrogen) atoms. The highest BCUT2D eigenvalue weighted by molar-refractivity contribution is 5.44. The molecule has 0 amide bonds. The molecule has 0 N–H and O–H groups in total. The van der Waals surface area contributed by atoms with Crippen molar-refractivity contribution in [2.24, 2.45) is 0 Å². The molecule has 0 bridgehead atoms. The van der Waals surface area contributed by atoms with Crippen molar-refractivity contribution >= 4 is 5.69 Å². The van der Waals surface area contributed by atoms with E-state index >= 15 is 0 Å². The number of aromatic nitrogens is 1. The lowest BCUT2D eigenvalue weighted by atomic mass is 10.1. The Balaban J connectivity index is 3.36.